The molecule has 8 nitrogen and oxygen atoms in total. The van der Waals surface area contributed by atoms with E-state index in [9.17, 15) is 28.3 Å². The highest BCUT2D eigenvalue weighted by atomic mass is 19.1. The fraction of sp³-hybridized carbons (Fsp3) is 0.519. The van der Waals surface area contributed by atoms with Crippen LogP contribution in [-0.4, -0.2) is 56.6 Å². The number of nitrogens with two attached hydrogens (primary N) is 1. The highest BCUT2D eigenvalue weighted by Crippen LogP contribution is 2.43. The maximum Gasteiger partial charge on any atom is 0.276 e. The van der Waals surface area contributed by atoms with Gasteiger partial charge in [-0.3, -0.25) is 19.3 Å². The molecule has 1 aromatic heterocycles. The lowest BCUT2D eigenvalue weighted by Gasteiger charge is -2.58. The number of halogens is 2. The maximum atomic E-state index is 14.6. The van der Waals surface area contributed by atoms with Gasteiger partial charge in [0.2, 0.25) is 5.43 Å². The lowest BCUT2D eigenvalue weighted by atomic mass is 9.71. The van der Waals surface area contributed by atoms with Gasteiger partial charge in [0.05, 0.1) is 6.54 Å². The van der Waals surface area contributed by atoms with Crippen molar-refractivity contribution in [1.82, 2.24) is 14.4 Å². The van der Waals surface area contributed by atoms with E-state index in [1.807, 2.05) is 0 Å². The molecule has 198 valence electrons. The van der Waals surface area contributed by atoms with Gasteiger partial charge in [-0.2, -0.15) is 0 Å². The summed E-state index contributed by atoms with van der Waals surface area (Å²) in [6.07, 6.45) is 3.86. The third-order valence-electron chi connectivity index (χ3n) is 8.06. The average molecular weight is 515 g/mol. The number of aromatic hydroxyl groups is 1. The van der Waals surface area contributed by atoms with E-state index in [0.29, 0.717) is 17.9 Å². The molecule has 10 heteroatoms. The Balaban J connectivity index is 1.59. The van der Waals surface area contributed by atoms with Crippen molar-refractivity contribution in [3.8, 4) is 5.75 Å². The molecule has 2 amide bonds. The molecule has 3 N–H and O–H groups in total. The number of nitrogens with zero attached hydrogens (tertiary/aromatic N) is 3. The van der Waals surface area contributed by atoms with Crippen LogP contribution in [0.4, 0.5) is 8.78 Å². The van der Waals surface area contributed by atoms with Crippen LogP contribution in [0.2, 0.25) is 0 Å². The Bertz CT molecular complexity index is 1310. The fourth-order valence-electron chi connectivity index (χ4n) is 6.64. The lowest BCUT2D eigenvalue weighted by molar-refractivity contribution is -0.0940. The molecule has 4 atom stereocenters. The third kappa shape index (κ3) is 4.41. The van der Waals surface area contributed by atoms with Gasteiger partial charge in [-0.25, -0.2) is 8.78 Å². The average Bonchev–Trinajstić information content (AvgIpc) is 2.82. The van der Waals surface area contributed by atoms with Crippen LogP contribution < -0.4 is 11.2 Å². The van der Waals surface area contributed by atoms with Crippen LogP contribution in [0.15, 0.2) is 29.2 Å². The van der Waals surface area contributed by atoms with Gasteiger partial charge in [-0.05, 0) is 48.6 Å². The Morgan fingerprint density at radius 2 is 1.95 bits per heavy atom. The zero-order chi connectivity index (χ0) is 26.6. The second-order valence-electron chi connectivity index (χ2n) is 11.0. The number of amides is 2. The zero-order valence-electron chi connectivity index (χ0n) is 21.0. The number of fused-ring (bicyclic) bond motifs is 4. The number of hydrogen-bond donors (Lipinski definition) is 2. The summed E-state index contributed by atoms with van der Waals surface area (Å²) in [5.74, 6) is -3.10. The van der Waals surface area contributed by atoms with Gasteiger partial charge in [0.1, 0.15) is 23.4 Å². The van der Waals surface area contributed by atoms with Crippen LogP contribution in [0, 0.1) is 29.4 Å². The molecule has 2 fully saturated rings. The van der Waals surface area contributed by atoms with Crippen LogP contribution in [0.5, 0.6) is 5.75 Å². The second kappa shape index (κ2) is 9.55. The highest BCUT2D eigenvalue weighted by Gasteiger charge is 2.51. The van der Waals surface area contributed by atoms with E-state index in [1.54, 1.807) is 4.90 Å². The Labute approximate surface area is 213 Å². The first-order chi connectivity index (χ1) is 17.6. The third-order valence-corrected chi connectivity index (χ3v) is 8.06. The minimum Gasteiger partial charge on any atom is -0.503 e. The van der Waals surface area contributed by atoms with Crippen LogP contribution in [0.3, 0.4) is 0 Å². The smallest absolute Gasteiger partial charge is 0.276 e. The number of primary amides is 1. The van der Waals surface area contributed by atoms with E-state index in [2.05, 4.69) is 18.7 Å². The molecule has 3 heterocycles. The van der Waals surface area contributed by atoms with E-state index in [0.717, 1.165) is 38.4 Å². The van der Waals surface area contributed by atoms with E-state index < -0.39 is 34.6 Å². The summed E-state index contributed by atoms with van der Waals surface area (Å²) in [6, 6.07) is 3.35. The molecule has 2 aromatic rings. The molecule has 1 saturated carbocycles. The number of benzene rings is 1. The SMILES string of the molecule is CC(C)CN1CC2CCCC(Cc3ccc(F)cc3F)C2N2C(=O)c3c(O)c(=O)c(C(N)=O)cn3CC12. The van der Waals surface area contributed by atoms with Gasteiger partial charge in [0, 0.05) is 31.4 Å². The normalized spacial score (nSPS) is 25.5. The van der Waals surface area contributed by atoms with Crippen LogP contribution in [0.25, 0.3) is 0 Å². The summed E-state index contributed by atoms with van der Waals surface area (Å²) in [4.78, 5) is 42.5. The first kappa shape index (κ1) is 25.4. The highest BCUT2D eigenvalue weighted by molar-refractivity contribution is 5.99. The van der Waals surface area contributed by atoms with E-state index in [4.69, 9.17) is 5.73 Å². The molecule has 1 saturated heterocycles. The van der Waals surface area contributed by atoms with Crippen molar-refractivity contribution in [2.24, 2.45) is 23.5 Å². The second-order valence-corrected chi connectivity index (χ2v) is 11.0. The molecule has 1 aromatic carbocycles. The topological polar surface area (TPSA) is 109 Å². The Hall–Kier alpha value is -3.27. The number of hydrogen-bond acceptors (Lipinski definition) is 5. The molecule has 37 heavy (non-hydrogen) atoms. The first-order valence-corrected chi connectivity index (χ1v) is 12.8. The Morgan fingerprint density at radius 3 is 2.62 bits per heavy atom. The van der Waals surface area contributed by atoms with Crippen LogP contribution in [-0.2, 0) is 13.0 Å². The lowest BCUT2D eigenvalue weighted by Crippen LogP contribution is -2.69. The summed E-state index contributed by atoms with van der Waals surface area (Å²) in [6.45, 7) is 5.94. The Morgan fingerprint density at radius 1 is 1.19 bits per heavy atom. The van der Waals surface area contributed by atoms with Crippen LogP contribution in [0.1, 0.15) is 59.5 Å². The predicted molar refractivity (Wildman–Crippen MR) is 132 cm³/mol. The van der Waals surface area contributed by atoms with Crippen molar-refractivity contribution >= 4 is 11.8 Å². The van der Waals surface area contributed by atoms with Gasteiger partial charge in [0.15, 0.2) is 11.4 Å². The van der Waals surface area contributed by atoms with Crippen molar-refractivity contribution in [3.63, 3.8) is 0 Å². The van der Waals surface area contributed by atoms with E-state index >= 15 is 0 Å². The molecule has 5 rings (SSSR count). The molecular formula is C27H32F2N4O4. The quantitative estimate of drug-likeness (QED) is 0.638. The number of pyridine rings is 1. The minimum absolute atomic E-state index is 0.0725. The number of rotatable bonds is 5. The van der Waals surface area contributed by atoms with Gasteiger partial charge >= 0.3 is 0 Å². The molecular weight excluding hydrogens is 482 g/mol. The maximum absolute atomic E-state index is 14.6. The van der Waals surface area contributed by atoms with Gasteiger partial charge < -0.3 is 20.3 Å². The molecule has 4 unspecified atom stereocenters. The molecule has 2 aliphatic heterocycles. The molecule has 0 radical (unpaired) electrons. The number of carbonyl (C=O) groups is 2. The number of carbonyl (C=O) groups excluding carboxylic acids is 2. The van der Waals surface area contributed by atoms with Crippen molar-refractivity contribution in [1.29, 1.82) is 0 Å². The van der Waals surface area contributed by atoms with E-state index in [-0.39, 0.29) is 41.8 Å². The summed E-state index contributed by atoms with van der Waals surface area (Å²) in [7, 11) is 0. The minimum atomic E-state index is -0.970. The van der Waals surface area contributed by atoms with Crippen molar-refractivity contribution in [3.05, 3.63) is 63.1 Å². The summed E-state index contributed by atoms with van der Waals surface area (Å²) in [5.41, 5.74) is 4.27. The molecule has 0 bridgehead atoms. The van der Waals surface area contributed by atoms with Crippen molar-refractivity contribution < 1.29 is 23.5 Å². The predicted octanol–water partition coefficient (Wildman–Crippen LogP) is 2.71. The summed E-state index contributed by atoms with van der Waals surface area (Å²) in [5, 5.41) is 10.7. The Kier molecular flexibility index (Phi) is 6.55. The first-order valence-electron chi connectivity index (χ1n) is 12.8. The standard InChI is InChI=1S/C27H32F2N4O4/c1-14(2)10-31-11-17-5-3-4-16(8-15-6-7-18(28)9-20(15)29)22(17)33-21(31)13-32-12-19(26(30)36)24(34)25(35)23(32)27(33)37/h6-7,9,12,14,16-17,21-22,35H,3-5,8,10-11,13H2,1-2H3,(H2,30,36). The fourth-order valence-corrected chi connectivity index (χ4v) is 6.64. The molecule has 0 spiro atoms. The number of aromatic nitrogens is 1. The van der Waals surface area contributed by atoms with E-state index in [1.165, 1.54) is 22.9 Å². The van der Waals surface area contributed by atoms with Gasteiger partial charge in [-0.15, -0.1) is 0 Å². The molecule has 1 aliphatic carbocycles. The van der Waals surface area contributed by atoms with Crippen molar-refractivity contribution in [2.75, 3.05) is 13.1 Å². The molecule has 3 aliphatic rings. The summed E-state index contributed by atoms with van der Waals surface area (Å²) < 4.78 is 29.6. The van der Waals surface area contributed by atoms with Gasteiger partial charge in [-0.1, -0.05) is 26.3 Å². The zero-order valence-corrected chi connectivity index (χ0v) is 21.0. The monoisotopic (exact) mass is 514 g/mol. The summed E-state index contributed by atoms with van der Waals surface area (Å²) >= 11 is 0. The largest absolute Gasteiger partial charge is 0.503 e. The van der Waals surface area contributed by atoms with Crippen LogP contribution >= 0.6 is 0 Å². The van der Waals surface area contributed by atoms with Gasteiger partial charge in [0.25, 0.3) is 11.8 Å². The van der Waals surface area contributed by atoms with Crippen molar-refractivity contribution in [2.45, 2.75) is 58.3 Å².